The van der Waals surface area contributed by atoms with E-state index in [0.29, 0.717) is 17.3 Å². The number of aryl methyl sites for hydroxylation is 2. The molecule has 3 aromatic carbocycles. The molecule has 3 aromatic heterocycles. The minimum atomic E-state index is -5.08. The molecule has 12 heteroatoms. The number of nitrogens with two attached hydrogens (primary N) is 2. The number of rotatable bonds is 4. The first-order chi connectivity index (χ1) is 19.9. The van der Waals surface area contributed by atoms with E-state index in [1.807, 2.05) is 85.4 Å². The maximum absolute atomic E-state index is 10.6. The van der Waals surface area contributed by atoms with Crippen LogP contribution in [0, 0.1) is 6.92 Å². The first-order valence-electron chi connectivity index (χ1n) is 12.6. The highest BCUT2D eigenvalue weighted by Crippen LogP contribution is 2.36. The second-order valence-corrected chi connectivity index (χ2v) is 9.61. The third-order valence-corrected chi connectivity index (χ3v) is 6.65. The van der Waals surface area contributed by atoms with E-state index in [4.69, 9.17) is 40.9 Å². The van der Waals surface area contributed by atoms with Gasteiger partial charge >= 0.3 is 12.1 Å². The molecule has 0 amide bonds. The molecular weight excluding hydrogens is 549 g/mol. The fraction of sp³-hybridized carbons (Fsp3) is 0.133. The summed E-state index contributed by atoms with van der Waals surface area (Å²) in [6.07, 6.45) is -3.31. The van der Waals surface area contributed by atoms with Crippen molar-refractivity contribution in [3.8, 4) is 11.4 Å². The fourth-order valence-electron chi connectivity index (χ4n) is 4.64. The molecule has 214 valence electrons. The number of nitrogens with zero attached hydrogens (tertiary/aromatic N) is 4. The third kappa shape index (κ3) is 5.59. The smallest absolute Gasteiger partial charge is 0.475 e. The normalized spacial score (nSPS) is 12.2. The van der Waals surface area contributed by atoms with Crippen molar-refractivity contribution >= 4 is 39.2 Å². The number of carbonyl (C=O) groups is 1. The number of benzene rings is 3. The number of carboxylic acid groups (broad SMARTS) is 1. The van der Waals surface area contributed by atoms with Gasteiger partial charge in [-0.3, -0.25) is 4.68 Å². The van der Waals surface area contributed by atoms with Crippen LogP contribution < -0.4 is 11.5 Å². The number of hydrogen-bond donors (Lipinski definition) is 3. The highest BCUT2D eigenvalue weighted by atomic mass is 19.4. The van der Waals surface area contributed by atoms with E-state index in [1.165, 1.54) is 0 Å². The van der Waals surface area contributed by atoms with E-state index in [2.05, 4.69) is 6.07 Å². The van der Waals surface area contributed by atoms with Gasteiger partial charge in [-0.15, -0.1) is 0 Å². The molecular formula is C30H25F3N6O3. The van der Waals surface area contributed by atoms with Crippen LogP contribution >= 0.6 is 0 Å². The Bertz CT molecular complexity index is 1920. The van der Waals surface area contributed by atoms with E-state index in [0.717, 1.165) is 50.0 Å². The van der Waals surface area contributed by atoms with Gasteiger partial charge in [0.25, 0.3) is 0 Å². The maximum Gasteiger partial charge on any atom is 0.490 e. The molecule has 0 saturated carbocycles. The molecule has 6 aromatic rings. The second-order valence-electron chi connectivity index (χ2n) is 9.61. The minimum Gasteiger partial charge on any atom is -0.475 e. The second kappa shape index (κ2) is 10.9. The quantitative estimate of drug-likeness (QED) is 0.215. The van der Waals surface area contributed by atoms with Crippen molar-refractivity contribution in [1.82, 2.24) is 19.7 Å². The molecule has 0 fully saturated rings. The average molecular weight is 575 g/mol. The molecule has 0 spiro atoms. The fourth-order valence-corrected chi connectivity index (χ4v) is 4.64. The predicted molar refractivity (Wildman–Crippen MR) is 153 cm³/mol. The molecule has 42 heavy (non-hydrogen) atoms. The Morgan fingerprint density at radius 1 is 0.976 bits per heavy atom. The first kappa shape index (κ1) is 28.1. The molecule has 0 saturated heterocycles. The Hall–Kier alpha value is -5.39. The summed E-state index contributed by atoms with van der Waals surface area (Å²) in [6.45, 7) is 2.04. The number of nitrogen functional groups attached to an aromatic ring is 2. The summed E-state index contributed by atoms with van der Waals surface area (Å²) in [5.74, 6) is -1.19. The van der Waals surface area contributed by atoms with Crippen molar-refractivity contribution in [3.63, 3.8) is 0 Å². The Labute approximate surface area is 237 Å². The Kier molecular flexibility index (Phi) is 7.29. The lowest BCUT2D eigenvalue weighted by molar-refractivity contribution is -0.192. The molecule has 0 aliphatic carbocycles. The number of pyridine rings is 1. The number of fused-ring (bicyclic) bond motifs is 2. The van der Waals surface area contributed by atoms with Crippen molar-refractivity contribution in [2.24, 2.45) is 7.05 Å². The lowest BCUT2D eigenvalue weighted by atomic mass is 9.91. The lowest BCUT2D eigenvalue weighted by Gasteiger charge is -2.18. The number of aliphatic carboxylic acids is 1. The van der Waals surface area contributed by atoms with E-state index >= 15 is 0 Å². The van der Waals surface area contributed by atoms with E-state index in [-0.39, 0.29) is 5.92 Å². The molecule has 0 aliphatic heterocycles. The van der Waals surface area contributed by atoms with Gasteiger partial charge in [0.15, 0.2) is 5.82 Å². The Morgan fingerprint density at radius 2 is 1.69 bits per heavy atom. The molecule has 3 heterocycles. The van der Waals surface area contributed by atoms with Gasteiger partial charge in [-0.25, -0.2) is 14.8 Å². The van der Waals surface area contributed by atoms with Crippen LogP contribution in [0.5, 0.6) is 0 Å². The highest BCUT2D eigenvalue weighted by molar-refractivity contribution is 5.93. The zero-order valence-corrected chi connectivity index (χ0v) is 22.4. The molecule has 0 aliphatic rings. The number of carboxylic acids is 1. The Morgan fingerprint density at radius 3 is 2.38 bits per heavy atom. The van der Waals surface area contributed by atoms with Crippen LogP contribution in [-0.2, 0) is 11.8 Å². The minimum absolute atomic E-state index is 0.309. The summed E-state index contributed by atoms with van der Waals surface area (Å²) in [7, 11) is 1.91. The topological polar surface area (TPSA) is 146 Å². The summed E-state index contributed by atoms with van der Waals surface area (Å²) >= 11 is 0. The van der Waals surface area contributed by atoms with E-state index < -0.39 is 12.1 Å². The zero-order valence-electron chi connectivity index (χ0n) is 22.4. The lowest BCUT2D eigenvalue weighted by Crippen LogP contribution is -2.21. The summed E-state index contributed by atoms with van der Waals surface area (Å²) in [4.78, 5) is 18.7. The molecule has 9 nitrogen and oxygen atoms in total. The third-order valence-electron chi connectivity index (χ3n) is 6.65. The van der Waals surface area contributed by atoms with Gasteiger partial charge in [-0.05, 0) is 59.8 Å². The standard InChI is InChI=1S/C28H24N6O.C2HF3O2/c1-16-15-35-24-11-8-18(13-22(16)24)25(23-14-19-12-20(29)9-10-21(19)26(30)31-23)28-32-27(33-34(28)2)17-6-4-3-5-7-17;3-2(4,5)1(6)7/h3-15,25H,29H2,1-2H3,(H2,30,31);(H,6,7). The number of halogens is 3. The highest BCUT2D eigenvalue weighted by Gasteiger charge is 2.38. The van der Waals surface area contributed by atoms with E-state index in [9.17, 15) is 13.2 Å². The molecule has 6 rings (SSSR count). The van der Waals surface area contributed by atoms with Gasteiger partial charge in [-0.1, -0.05) is 36.4 Å². The summed E-state index contributed by atoms with van der Waals surface area (Å²) in [6, 6.07) is 23.8. The number of alkyl halides is 3. The van der Waals surface area contributed by atoms with Crippen molar-refractivity contribution < 1.29 is 27.5 Å². The predicted octanol–water partition coefficient (Wildman–Crippen LogP) is 6.06. The number of anilines is 2. The number of furan rings is 1. The van der Waals surface area contributed by atoms with Gasteiger partial charge in [0, 0.05) is 29.1 Å². The Balaban J connectivity index is 0.000000451. The molecule has 0 bridgehead atoms. The molecule has 1 atom stereocenters. The van der Waals surface area contributed by atoms with Gasteiger partial charge in [0.2, 0.25) is 0 Å². The summed E-state index contributed by atoms with van der Waals surface area (Å²) in [5.41, 5.74) is 17.8. The van der Waals surface area contributed by atoms with Crippen LogP contribution in [-0.4, -0.2) is 37.0 Å². The maximum atomic E-state index is 10.6. The zero-order chi connectivity index (χ0) is 30.2. The number of hydrogen-bond acceptors (Lipinski definition) is 7. The first-order valence-corrected chi connectivity index (χ1v) is 12.6. The summed E-state index contributed by atoms with van der Waals surface area (Å²) in [5, 5.41) is 14.7. The molecule has 1 unspecified atom stereocenters. The monoisotopic (exact) mass is 574 g/mol. The largest absolute Gasteiger partial charge is 0.490 e. The van der Waals surface area contributed by atoms with Crippen LogP contribution in [0.1, 0.15) is 28.6 Å². The van der Waals surface area contributed by atoms with Crippen molar-refractivity contribution in [2.45, 2.75) is 19.0 Å². The molecule has 0 radical (unpaired) electrons. The average Bonchev–Trinajstić information content (AvgIpc) is 3.51. The number of aromatic nitrogens is 4. The van der Waals surface area contributed by atoms with Crippen molar-refractivity contribution in [3.05, 3.63) is 102 Å². The van der Waals surface area contributed by atoms with Crippen LogP contribution in [0.4, 0.5) is 24.7 Å². The van der Waals surface area contributed by atoms with Crippen LogP contribution in [0.2, 0.25) is 0 Å². The van der Waals surface area contributed by atoms with Crippen LogP contribution in [0.15, 0.2) is 83.5 Å². The van der Waals surface area contributed by atoms with Crippen LogP contribution in [0.25, 0.3) is 33.1 Å². The van der Waals surface area contributed by atoms with E-state index in [1.54, 1.807) is 6.26 Å². The van der Waals surface area contributed by atoms with Gasteiger partial charge in [-0.2, -0.15) is 18.3 Å². The van der Waals surface area contributed by atoms with Crippen molar-refractivity contribution in [1.29, 1.82) is 0 Å². The van der Waals surface area contributed by atoms with Crippen molar-refractivity contribution in [2.75, 3.05) is 11.5 Å². The summed E-state index contributed by atoms with van der Waals surface area (Å²) < 4.78 is 39.2. The van der Waals surface area contributed by atoms with Crippen LogP contribution in [0.3, 0.4) is 0 Å². The molecule has 5 N–H and O–H groups in total. The van der Waals surface area contributed by atoms with Gasteiger partial charge in [0.05, 0.1) is 17.9 Å². The SMILES string of the molecule is Cc1coc2ccc(C(c3cc4cc(N)ccc4c(N)n3)c3nc(-c4ccccc4)nn3C)cc12.O=C(O)C(F)(F)F. The van der Waals surface area contributed by atoms with Gasteiger partial charge < -0.3 is 21.0 Å². The van der Waals surface area contributed by atoms with Gasteiger partial charge in [0.1, 0.15) is 17.2 Å².